The number of thioether (sulfide) groups is 2. The van der Waals surface area contributed by atoms with E-state index < -0.39 is 0 Å². The highest BCUT2D eigenvalue weighted by atomic mass is 32.2. The molecule has 2 aliphatic heterocycles. The Labute approximate surface area is 155 Å². The number of nitrogens with zero attached hydrogens (tertiary/aromatic N) is 3. The number of rotatable bonds is 2. The number of anilines is 1. The molecular formula is C19H17N3OS2. The van der Waals surface area contributed by atoms with Crippen molar-refractivity contribution >= 4 is 46.0 Å². The van der Waals surface area contributed by atoms with Crippen molar-refractivity contribution < 1.29 is 4.79 Å². The monoisotopic (exact) mass is 367 g/mol. The fourth-order valence-corrected chi connectivity index (χ4v) is 5.22. The van der Waals surface area contributed by atoms with E-state index in [4.69, 9.17) is 0 Å². The van der Waals surface area contributed by atoms with Gasteiger partial charge in [0, 0.05) is 18.5 Å². The fraction of sp³-hybridized carbons (Fsp3) is 0.158. The first kappa shape index (κ1) is 16.3. The SMILES string of the molecule is CCN1C(=O)/C(=C2\Sc3ccccc3N2C)S/C1=N\c1ccccc1. The van der Waals surface area contributed by atoms with Crippen molar-refractivity contribution in [1.82, 2.24) is 4.90 Å². The standard InChI is InChI=1S/C19H17N3OS2/c1-3-22-17(23)16(25-19(22)20-13-9-5-4-6-10-13)18-21(2)14-11-7-8-12-15(14)24-18/h4-12H,3H2,1-2H3/b18-16+,20-19-. The highest BCUT2D eigenvalue weighted by molar-refractivity contribution is 8.19. The summed E-state index contributed by atoms with van der Waals surface area (Å²) in [5, 5.41) is 1.72. The maximum Gasteiger partial charge on any atom is 0.269 e. The average Bonchev–Trinajstić information content (AvgIpc) is 3.13. The molecule has 1 fully saturated rings. The van der Waals surface area contributed by atoms with Crippen LogP contribution in [0.5, 0.6) is 0 Å². The Morgan fingerprint density at radius 3 is 2.44 bits per heavy atom. The Morgan fingerprint density at radius 1 is 1.00 bits per heavy atom. The van der Waals surface area contributed by atoms with Crippen LogP contribution < -0.4 is 4.90 Å². The van der Waals surface area contributed by atoms with Crippen LogP contribution in [0.25, 0.3) is 0 Å². The third kappa shape index (κ3) is 2.85. The molecule has 25 heavy (non-hydrogen) atoms. The normalized spacial score (nSPS) is 21.4. The van der Waals surface area contributed by atoms with Gasteiger partial charge in [-0.2, -0.15) is 0 Å². The first-order chi connectivity index (χ1) is 12.2. The summed E-state index contributed by atoms with van der Waals surface area (Å²) in [4.78, 5) is 23.4. The van der Waals surface area contributed by atoms with Crippen molar-refractivity contribution in [3.8, 4) is 0 Å². The molecule has 0 spiro atoms. The molecule has 2 aromatic carbocycles. The summed E-state index contributed by atoms with van der Waals surface area (Å²) in [5.74, 6) is 0.0318. The molecule has 2 aliphatic rings. The van der Waals surface area contributed by atoms with Crippen LogP contribution in [0.3, 0.4) is 0 Å². The molecular weight excluding hydrogens is 350 g/mol. The molecule has 0 aliphatic carbocycles. The summed E-state index contributed by atoms with van der Waals surface area (Å²) >= 11 is 3.11. The third-order valence-electron chi connectivity index (χ3n) is 4.09. The maximum atomic E-state index is 12.9. The van der Waals surface area contributed by atoms with Crippen LogP contribution in [0.2, 0.25) is 0 Å². The molecule has 0 bridgehead atoms. The van der Waals surface area contributed by atoms with Crippen LogP contribution in [-0.2, 0) is 4.79 Å². The predicted octanol–water partition coefficient (Wildman–Crippen LogP) is 4.68. The fourth-order valence-electron chi connectivity index (χ4n) is 2.81. The number of carbonyl (C=O) groups excluding carboxylic acids is 1. The Morgan fingerprint density at radius 2 is 1.72 bits per heavy atom. The van der Waals surface area contributed by atoms with Gasteiger partial charge in [0.15, 0.2) is 5.17 Å². The van der Waals surface area contributed by atoms with E-state index in [1.807, 2.05) is 56.4 Å². The minimum absolute atomic E-state index is 0.0318. The number of hydrogen-bond donors (Lipinski definition) is 0. The van der Waals surface area contributed by atoms with Gasteiger partial charge in [-0.15, -0.1) is 0 Å². The van der Waals surface area contributed by atoms with Crippen molar-refractivity contribution in [3.63, 3.8) is 0 Å². The molecule has 126 valence electrons. The first-order valence-electron chi connectivity index (χ1n) is 8.07. The van der Waals surface area contributed by atoms with Gasteiger partial charge in [-0.1, -0.05) is 42.1 Å². The van der Waals surface area contributed by atoms with E-state index in [0.29, 0.717) is 6.54 Å². The van der Waals surface area contributed by atoms with E-state index in [1.165, 1.54) is 16.7 Å². The van der Waals surface area contributed by atoms with Crippen LogP contribution in [0.4, 0.5) is 11.4 Å². The number of para-hydroxylation sites is 2. The van der Waals surface area contributed by atoms with Crippen molar-refractivity contribution in [3.05, 3.63) is 64.5 Å². The summed E-state index contributed by atoms with van der Waals surface area (Å²) < 4.78 is 0. The zero-order valence-corrected chi connectivity index (χ0v) is 15.6. The maximum absolute atomic E-state index is 12.9. The topological polar surface area (TPSA) is 35.9 Å². The predicted molar refractivity (Wildman–Crippen MR) is 106 cm³/mol. The van der Waals surface area contributed by atoms with Crippen molar-refractivity contribution in [2.75, 3.05) is 18.5 Å². The number of benzene rings is 2. The number of likely N-dealkylation sites (N-methyl/N-ethyl adjacent to an activating group) is 1. The highest BCUT2D eigenvalue weighted by Crippen LogP contribution is 2.49. The average molecular weight is 367 g/mol. The van der Waals surface area contributed by atoms with Crippen LogP contribution in [0.1, 0.15) is 6.92 Å². The highest BCUT2D eigenvalue weighted by Gasteiger charge is 2.38. The molecule has 1 saturated heterocycles. The lowest BCUT2D eigenvalue weighted by molar-refractivity contribution is -0.122. The van der Waals surface area contributed by atoms with E-state index in [0.717, 1.165) is 26.5 Å². The summed E-state index contributed by atoms with van der Waals surface area (Å²) in [5.41, 5.74) is 2.00. The minimum atomic E-state index is 0.0318. The number of aliphatic imine (C=N–C) groups is 1. The quantitative estimate of drug-likeness (QED) is 0.722. The van der Waals surface area contributed by atoms with Gasteiger partial charge < -0.3 is 4.90 Å². The van der Waals surface area contributed by atoms with E-state index >= 15 is 0 Å². The van der Waals surface area contributed by atoms with Gasteiger partial charge in [0.05, 0.1) is 16.4 Å². The second-order valence-corrected chi connectivity index (χ2v) is 7.65. The molecule has 6 heteroatoms. The van der Waals surface area contributed by atoms with Crippen LogP contribution >= 0.6 is 23.5 Å². The molecule has 0 N–H and O–H groups in total. The third-order valence-corrected chi connectivity index (χ3v) is 6.52. The van der Waals surface area contributed by atoms with Gasteiger partial charge in [0.1, 0.15) is 4.91 Å². The van der Waals surface area contributed by atoms with Crippen molar-refractivity contribution in [1.29, 1.82) is 0 Å². The Bertz CT molecular complexity index is 893. The number of fused-ring (bicyclic) bond motifs is 1. The Kier molecular flexibility index (Phi) is 4.31. The van der Waals surface area contributed by atoms with Crippen LogP contribution in [0, 0.1) is 0 Å². The van der Waals surface area contributed by atoms with E-state index in [2.05, 4.69) is 22.0 Å². The first-order valence-corrected chi connectivity index (χ1v) is 9.70. The van der Waals surface area contributed by atoms with Gasteiger partial charge in [-0.3, -0.25) is 9.69 Å². The van der Waals surface area contributed by atoms with Gasteiger partial charge in [0.25, 0.3) is 5.91 Å². The van der Waals surface area contributed by atoms with E-state index in [1.54, 1.807) is 16.7 Å². The zero-order valence-electron chi connectivity index (χ0n) is 14.0. The largest absolute Gasteiger partial charge is 0.337 e. The summed E-state index contributed by atoms with van der Waals surface area (Å²) in [7, 11) is 2.01. The lowest BCUT2D eigenvalue weighted by Gasteiger charge is -2.15. The molecule has 0 atom stereocenters. The Hall–Kier alpha value is -2.18. The van der Waals surface area contributed by atoms with Crippen LogP contribution in [-0.4, -0.2) is 29.6 Å². The molecule has 0 radical (unpaired) electrons. The van der Waals surface area contributed by atoms with Crippen molar-refractivity contribution in [2.24, 2.45) is 4.99 Å². The molecule has 2 heterocycles. The number of hydrogen-bond acceptors (Lipinski definition) is 5. The number of carbonyl (C=O) groups is 1. The molecule has 0 aromatic heterocycles. The lowest BCUT2D eigenvalue weighted by Crippen LogP contribution is -2.29. The molecule has 4 rings (SSSR count). The van der Waals surface area contributed by atoms with Gasteiger partial charge in [-0.25, -0.2) is 4.99 Å². The summed E-state index contributed by atoms with van der Waals surface area (Å²) in [6, 6.07) is 18.0. The lowest BCUT2D eigenvalue weighted by atomic mass is 10.3. The van der Waals surface area contributed by atoms with Gasteiger partial charge in [-0.05, 0) is 43.0 Å². The number of amides is 1. The molecule has 4 nitrogen and oxygen atoms in total. The van der Waals surface area contributed by atoms with E-state index in [-0.39, 0.29) is 5.91 Å². The zero-order chi connectivity index (χ0) is 17.4. The van der Waals surface area contributed by atoms with Crippen LogP contribution in [0.15, 0.2) is 74.4 Å². The summed E-state index contributed by atoms with van der Waals surface area (Å²) in [6.07, 6.45) is 0. The molecule has 2 aromatic rings. The number of amidine groups is 1. The second kappa shape index (κ2) is 6.61. The van der Waals surface area contributed by atoms with Gasteiger partial charge in [0.2, 0.25) is 0 Å². The molecule has 0 unspecified atom stereocenters. The van der Waals surface area contributed by atoms with Crippen molar-refractivity contribution in [2.45, 2.75) is 11.8 Å². The Balaban J connectivity index is 1.73. The van der Waals surface area contributed by atoms with Gasteiger partial charge >= 0.3 is 0 Å². The minimum Gasteiger partial charge on any atom is -0.337 e. The second-order valence-electron chi connectivity index (χ2n) is 5.64. The molecule has 1 amide bonds. The summed E-state index contributed by atoms with van der Waals surface area (Å²) in [6.45, 7) is 2.59. The van der Waals surface area contributed by atoms with E-state index in [9.17, 15) is 4.79 Å². The molecule has 0 saturated carbocycles. The smallest absolute Gasteiger partial charge is 0.269 e.